The third-order valence-electron chi connectivity index (χ3n) is 2.99. The number of anilines is 1. The smallest absolute Gasteiger partial charge is 0.307 e. The lowest BCUT2D eigenvalue weighted by atomic mass is 10.3. The molecule has 20 heavy (non-hydrogen) atoms. The van der Waals surface area contributed by atoms with E-state index in [1.807, 2.05) is 30.7 Å². The molecule has 0 aliphatic heterocycles. The highest BCUT2D eigenvalue weighted by Gasteiger charge is 2.11. The summed E-state index contributed by atoms with van der Waals surface area (Å²) in [4.78, 5) is 21.9. The molecule has 7 heteroatoms. The fourth-order valence-corrected chi connectivity index (χ4v) is 3.53. The maximum absolute atomic E-state index is 11.8. The van der Waals surface area contributed by atoms with E-state index < -0.39 is 0 Å². The van der Waals surface area contributed by atoms with Gasteiger partial charge in [0.1, 0.15) is 10.6 Å². The highest BCUT2D eigenvalue weighted by atomic mass is 32.1. The van der Waals surface area contributed by atoms with Crippen molar-refractivity contribution in [2.45, 2.75) is 20.4 Å². The van der Waals surface area contributed by atoms with Gasteiger partial charge in [-0.3, -0.25) is 9.36 Å². The fourth-order valence-electron chi connectivity index (χ4n) is 2.01. The summed E-state index contributed by atoms with van der Waals surface area (Å²) < 4.78 is 1.70. The Bertz CT molecular complexity index is 802. The summed E-state index contributed by atoms with van der Waals surface area (Å²) in [6.07, 6.45) is 0. The molecule has 0 saturated heterocycles. The number of hydrogen-bond acceptors (Lipinski definition) is 6. The summed E-state index contributed by atoms with van der Waals surface area (Å²) in [6.45, 7) is 5.18. The number of thiophene rings is 1. The fraction of sp³-hybridized carbons (Fsp3) is 0.308. The van der Waals surface area contributed by atoms with Gasteiger partial charge in [-0.15, -0.1) is 11.3 Å². The lowest BCUT2D eigenvalue weighted by Gasteiger charge is -2.08. The van der Waals surface area contributed by atoms with E-state index in [2.05, 4.69) is 15.3 Å². The van der Waals surface area contributed by atoms with Crippen LogP contribution in [0, 0.1) is 6.92 Å². The number of rotatable bonds is 4. The number of hydrogen-bond donors (Lipinski definition) is 1. The molecule has 3 heterocycles. The molecule has 3 aromatic heterocycles. The highest BCUT2D eigenvalue weighted by Crippen LogP contribution is 2.25. The first kappa shape index (κ1) is 13.3. The van der Waals surface area contributed by atoms with Gasteiger partial charge in [-0.2, -0.15) is 0 Å². The molecular weight excluding hydrogens is 292 g/mol. The van der Waals surface area contributed by atoms with Crippen molar-refractivity contribution in [3.05, 3.63) is 38.0 Å². The van der Waals surface area contributed by atoms with Gasteiger partial charge in [-0.25, -0.2) is 9.97 Å². The molecule has 0 bridgehead atoms. The molecule has 1 N–H and O–H groups in total. The molecule has 0 atom stereocenters. The maximum atomic E-state index is 11.8. The summed E-state index contributed by atoms with van der Waals surface area (Å²) >= 11 is 2.80. The first-order valence-corrected chi connectivity index (χ1v) is 8.08. The van der Waals surface area contributed by atoms with Crippen LogP contribution in [0.25, 0.3) is 10.2 Å². The van der Waals surface area contributed by atoms with Crippen LogP contribution in [0.5, 0.6) is 0 Å². The average molecular weight is 306 g/mol. The Morgan fingerprint density at radius 3 is 2.90 bits per heavy atom. The van der Waals surface area contributed by atoms with Crippen molar-refractivity contribution in [1.29, 1.82) is 0 Å². The van der Waals surface area contributed by atoms with Crippen molar-refractivity contribution in [2.75, 3.05) is 11.9 Å². The molecule has 104 valence electrons. The molecular formula is C13H14N4OS2. The first-order valence-electron chi connectivity index (χ1n) is 6.32. The first-order chi connectivity index (χ1) is 9.69. The second kappa shape index (κ2) is 5.34. The van der Waals surface area contributed by atoms with Crippen molar-refractivity contribution in [1.82, 2.24) is 14.5 Å². The van der Waals surface area contributed by atoms with Gasteiger partial charge in [0.15, 0.2) is 5.82 Å². The zero-order chi connectivity index (χ0) is 14.1. The molecule has 0 saturated carbocycles. The standard InChI is InChI=1S/C13H14N4OS2/c1-3-14-11-9-4-5-19-12(9)16-10(15-11)6-17-8(2)7-20-13(17)18/h4-5,7H,3,6H2,1-2H3,(H,14,15,16). The van der Waals surface area contributed by atoms with Gasteiger partial charge in [-0.05, 0) is 25.3 Å². The van der Waals surface area contributed by atoms with Crippen molar-refractivity contribution in [3.8, 4) is 0 Å². The van der Waals surface area contributed by atoms with Crippen molar-refractivity contribution < 1.29 is 0 Å². The third-order valence-corrected chi connectivity index (χ3v) is 4.68. The molecule has 0 unspecified atom stereocenters. The van der Waals surface area contributed by atoms with E-state index in [0.717, 1.165) is 28.3 Å². The van der Waals surface area contributed by atoms with Crippen LogP contribution in [0.1, 0.15) is 18.4 Å². The van der Waals surface area contributed by atoms with Crippen LogP contribution in [0.2, 0.25) is 0 Å². The quantitative estimate of drug-likeness (QED) is 0.805. The predicted octanol–water partition coefficient (Wildman–Crippen LogP) is 2.70. The molecule has 0 aromatic carbocycles. The van der Waals surface area contributed by atoms with E-state index >= 15 is 0 Å². The number of aryl methyl sites for hydroxylation is 1. The molecule has 0 aliphatic carbocycles. The molecule has 5 nitrogen and oxygen atoms in total. The van der Waals surface area contributed by atoms with Crippen molar-refractivity contribution >= 4 is 38.7 Å². The molecule has 0 aliphatic rings. The van der Waals surface area contributed by atoms with Crippen LogP contribution >= 0.6 is 22.7 Å². The minimum Gasteiger partial charge on any atom is -0.370 e. The van der Waals surface area contributed by atoms with Crippen LogP contribution in [0.15, 0.2) is 21.6 Å². The summed E-state index contributed by atoms with van der Waals surface area (Å²) in [5, 5.41) is 8.16. The number of aromatic nitrogens is 3. The van der Waals surface area contributed by atoms with E-state index in [1.165, 1.54) is 11.3 Å². The van der Waals surface area contributed by atoms with Gasteiger partial charge in [-0.1, -0.05) is 11.3 Å². The van der Waals surface area contributed by atoms with Crippen LogP contribution in [0.3, 0.4) is 0 Å². The Hall–Kier alpha value is -1.73. The Kier molecular flexibility index (Phi) is 3.54. The Balaban J connectivity index is 2.05. The van der Waals surface area contributed by atoms with Crippen molar-refractivity contribution in [3.63, 3.8) is 0 Å². The van der Waals surface area contributed by atoms with Gasteiger partial charge in [0.25, 0.3) is 0 Å². The van der Waals surface area contributed by atoms with Gasteiger partial charge < -0.3 is 5.32 Å². The lowest BCUT2D eigenvalue weighted by molar-refractivity contribution is 0.716. The molecule has 0 fully saturated rings. The SMILES string of the molecule is CCNc1nc(Cn2c(C)csc2=O)nc2sccc12. The third kappa shape index (κ3) is 2.34. The number of nitrogens with one attached hydrogen (secondary N) is 1. The molecule has 0 amide bonds. The zero-order valence-corrected chi connectivity index (χ0v) is 12.8. The number of thiazole rings is 1. The van der Waals surface area contributed by atoms with E-state index in [9.17, 15) is 4.79 Å². The van der Waals surface area contributed by atoms with E-state index in [4.69, 9.17) is 0 Å². The Morgan fingerprint density at radius 2 is 2.20 bits per heavy atom. The highest BCUT2D eigenvalue weighted by molar-refractivity contribution is 7.16. The van der Waals surface area contributed by atoms with Crippen molar-refractivity contribution in [2.24, 2.45) is 0 Å². The van der Waals surface area contributed by atoms with Crippen LogP contribution < -0.4 is 10.2 Å². The van der Waals surface area contributed by atoms with E-state index in [1.54, 1.807) is 15.9 Å². The minimum atomic E-state index is 0.0300. The van der Waals surface area contributed by atoms with Gasteiger partial charge >= 0.3 is 4.87 Å². The maximum Gasteiger partial charge on any atom is 0.307 e. The second-order valence-electron chi connectivity index (χ2n) is 4.39. The predicted molar refractivity (Wildman–Crippen MR) is 84.0 cm³/mol. The summed E-state index contributed by atoms with van der Waals surface area (Å²) in [5.41, 5.74) is 0.944. The van der Waals surface area contributed by atoms with Gasteiger partial charge in [0.2, 0.25) is 0 Å². The van der Waals surface area contributed by atoms with Crippen LogP contribution in [-0.2, 0) is 6.54 Å². The molecule has 3 rings (SSSR count). The van der Waals surface area contributed by atoms with E-state index in [0.29, 0.717) is 12.4 Å². The van der Waals surface area contributed by atoms with E-state index in [-0.39, 0.29) is 4.87 Å². The lowest BCUT2D eigenvalue weighted by Crippen LogP contribution is -2.17. The normalized spacial score (nSPS) is 11.1. The number of nitrogens with zero attached hydrogens (tertiary/aromatic N) is 3. The Morgan fingerprint density at radius 1 is 1.35 bits per heavy atom. The molecule has 0 spiro atoms. The van der Waals surface area contributed by atoms with Crippen LogP contribution in [-0.4, -0.2) is 21.1 Å². The minimum absolute atomic E-state index is 0.0300. The molecule has 3 aromatic rings. The number of fused-ring (bicyclic) bond motifs is 1. The molecule has 0 radical (unpaired) electrons. The largest absolute Gasteiger partial charge is 0.370 e. The Labute approximate surface area is 123 Å². The summed E-state index contributed by atoms with van der Waals surface area (Å²) in [5.74, 6) is 1.51. The average Bonchev–Trinajstić information content (AvgIpc) is 3.01. The topological polar surface area (TPSA) is 59.8 Å². The van der Waals surface area contributed by atoms with Gasteiger partial charge in [0, 0.05) is 17.6 Å². The summed E-state index contributed by atoms with van der Waals surface area (Å²) in [6, 6.07) is 2.02. The van der Waals surface area contributed by atoms with Gasteiger partial charge in [0.05, 0.1) is 11.9 Å². The monoisotopic (exact) mass is 306 g/mol. The zero-order valence-electron chi connectivity index (χ0n) is 11.2. The second-order valence-corrected chi connectivity index (χ2v) is 6.10. The van der Waals surface area contributed by atoms with Crippen LogP contribution in [0.4, 0.5) is 5.82 Å². The summed E-state index contributed by atoms with van der Waals surface area (Å²) in [7, 11) is 0.